The van der Waals surface area contributed by atoms with Crippen molar-refractivity contribution in [2.75, 3.05) is 11.6 Å². The largest absolute Gasteiger partial charge is 0.438 e. The molecule has 0 unspecified atom stereocenters. The van der Waals surface area contributed by atoms with Gasteiger partial charge in [-0.15, -0.1) is 11.8 Å². The average molecular weight is 312 g/mol. The van der Waals surface area contributed by atoms with Crippen LogP contribution in [0.3, 0.4) is 0 Å². The van der Waals surface area contributed by atoms with E-state index in [2.05, 4.69) is 5.32 Å². The Morgan fingerprint density at radius 2 is 2.05 bits per heavy atom. The number of benzene rings is 1. The summed E-state index contributed by atoms with van der Waals surface area (Å²) in [5.41, 5.74) is 0.593. The van der Waals surface area contributed by atoms with Crippen LogP contribution in [-0.4, -0.2) is 20.6 Å². The Hall–Kier alpha value is -1.77. The van der Waals surface area contributed by atoms with Crippen LogP contribution >= 0.6 is 11.8 Å². The van der Waals surface area contributed by atoms with E-state index in [1.807, 2.05) is 12.3 Å². The van der Waals surface area contributed by atoms with Crippen molar-refractivity contribution < 1.29 is 17.6 Å². The molecule has 1 aromatic carbocycles. The number of primary sulfonamides is 1. The number of hydrogen-bond acceptors (Lipinski definition) is 5. The molecule has 0 aliphatic heterocycles. The lowest BCUT2D eigenvalue weighted by molar-refractivity contribution is 0.0991. The number of hydrogen-bond donors (Lipinski definition) is 2. The highest BCUT2D eigenvalue weighted by Gasteiger charge is 2.17. The van der Waals surface area contributed by atoms with Gasteiger partial charge in [-0.1, -0.05) is 6.07 Å². The van der Waals surface area contributed by atoms with Crippen LogP contribution < -0.4 is 10.5 Å². The van der Waals surface area contributed by atoms with E-state index < -0.39 is 21.0 Å². The van der Waals surface area contributed by atoms with Gasteiger partial charge in [-0.05, 0) is 36.6 Å². The zero-order valence-corrected chi connectivity index (χ0v) is 12.1. The van der Waals surface area contributed by atoms with Crippen LogP contribution in [-0.2, 0) is 10.0 Å². The summed E-state index contributed by atoms with van der Waals surface area (Å²) in [7, 11) is -3.95. The van der Waals surface area contributed by atoms with Crippen molar-refractivity contribution >= 4 is 33.4 Å². The first-order chi connectivity index (χ1) is 9.40. The van der Waals surface area contributed by atoms with Crippen molar-refractivity contribution in [2.45, 2.75) is 9.99 Å². The summed E-state index contributed by atoms with van der Waals surface area (Å²) < 4.78 is 27.0. The molecule has 0 saturated carbocycles. The van der Waals surface area contributed by atoms with Gasteiger partial charge in [-0.3, -0.25) is 4.79 Å². The van der Waals surface area contributed by atoms with E-state index in [0.29, 0.717) is 5.69 Å². The highest BCUT2D eigenvalue weighted by atomic mass is 32.2. The molecule has 1 amide bonds. The van der Waals surface area contributed by atoms with Crippen molar-refractivity contribution in [1.82, 2.24) is 0 Å². The van der Waals surface area contributed by atoms with Gasteiger partial charge in [0.15, 0.2) is 5.76 Å². The number of anilines is 1. The molecule has 0 aliphatic rings. The van der Waals surface area contributed by atoms with Gasteiger partial charge in [0.1, 0.15) is 0 Å². The average Bonchev–Trinajstić information content (AvgIpc) is 2.88. The molecule has 0 aliphatic carbocycles. The van der Waals surface area contributed by atoms with Crippen molar-refractivity contribution in [3.05, 3.63) is 42.2 Å². The molecule has 0 fully saturated rings. The second-order valence-electron chi connectivity index (χ2n) is 3.85. The molecule has 106 valence electrons. The number of nitrogens with one attached hydrogen (secondary N) is 1. The molecular weight excluding hydrogens is 300 g/mol. The second kappa shape index (κ2) is 5.70. The molecular formula is C12H12N2O4S2. The summed E-state index contributed by atoms with van der Waals surface area (Å²) in [6.45, 7) is 0. The molecule has 2 rings (SSSR count). The minimum Gasteiger partial charge on any atom is -0.438 e. The third-order valence-corrected chi connectivity index (χ3v) is 3.92. The van der Waals surface area contributed by atoms with Gasteiger partial charge in [0.2, 0.25) is 5.09 Å². The monoisotopic (exact) mass is 312 g/mol. The lowest BCUT2D eigenvalue weighted by atomic mass is 10.3. The van der Waals surface area contributed by atoms with Gasteiger partial charge in [0.25, 0.3) is 15.9 Å². The predicted molar refractivity (Wildman–Crippen MR) is 76.3 cm³/mol. The molecule has 20 heavy (non-hydrogen) atoms. The van der Waals surface area contributed by atoms with Crippen LogP contribution in [0.25, 0.3) is 0 Å². The molecule has 0 atom stereocenters. The first kappa shape index (κ1) is 14.6. The number of carbonyl (C=O) groups is 1. The maximum atomic E-state index is 11.9. The van der Waals surface area contributed by atoms with Gasteiger partial charge >= 0.3 is 0 Å². The molecule has 3 N–H and O–H groups in total. The van der Waals surface area contributed by atoms with E-state index in [1.54, 1.807) is 30.0 Å². The van der Waals surface area contributed by atoms with Crippen LogP contribution in [0.5, 0.6) is 0 Å². The van der Waals surface area contributed by atoms with E-state index in [9.17, 15) is 13.2 Å². The fraction of sp³-hybridized carbons (Fsp3) is 0.0833. The van der Waals surface area contributed by atoms with Crippen LogP contribution in [0, 0.1) is 0 Å². The quantitative estimate of drug-likeness (QED) is 0.839. The summed E-state index contributed by atoms with van der Waals surface area (Å²) in [4.78, 5) is 12.9. The number of sulfonamides is 1. The normalized spacial score (nSPS) is 11.3. The lowest BCUT2D eigenvalue weighted by Gasteiger charge is -2.04. The van der Waals surface area contributed by atoms with Crippen molar-refractivity contribution in [3.63, 3.8) is 0 Å². The van der Waals surface area contributed by atoms with E-state index in [-0.39, 0.29) is 5.76 Å². The van der Waals surface area contributed by atoms with E-state index in [4.69, 9.17) is 9.56 Å². The first-order valence-corrected chi connectivity index (χ1v) is 8.25. The molecule has 0 saturated heterocycles. The third kappa shape index (κ3) is 3.41. The van der Waals surface area contributed by atoms with E-state index in [1.165, 1.54) is 6.07 Å². The van der Waals surface area contributed by atoms with Crippen LogP contribution in [0.15, 0.2) is 50.8 Å². The predicted octanol–water partition coefficient (Wildman–Crippen LogP) is 1.90. The van der Waals surface area contributed by atoms with E-state index >= 15 is 0 Å². The molecule has 1 aromatic heterocycles. The van der Waals surface area contributed by atoms with Gasteiger partial charge in [-0.2, -0.15) is 0 Å². The smallest absolute Gasteiger partial charge is 0.291 e. The molecule has 6 nitrogen and oxygen atoms in total. The number of furan rings is 1. The molecule has 1 heterocycles. The summed E-state index contributed by atoms with van der Waals surface area (Å²) in [6, 6.07) is 9.63. The van der Waals surface area contributed by atoms with Crippen LogP contribution in [0.2, 0.25) is 0 Å². The molecule has 0 radical (unpaired) electrons. The molecule has 2 aromatic rings. The van der Waals surface area contributed by atoms with Crippen LogP contribution in [0.1, 0.15) is 10.6 Å². The summed E-state index contributed by atoms with van der Waals surface area (Å²) in [5.74, 6) is -0.665. The Bertz CT molecular complexity index is 737. The third-order valence-electron chi connectivity index (χ3n) is 2.41. The molecule has 8 heteroatoms. The Morgan fingerprint density at radius 3 is 2.65 bits per heavy atom. The Labute approximate surface area is 120 Å². The summed E-state index contributed by atoms with van der Waals surface area (Å²) >= 11 is 1.54. The fourth-order valence-electron chi connectivity index (χ4n) is 1.49. The number of thioether (sulfide) groups is 1. The fourth-order valence-corrected chi connectivity index (χ4v) is 2.41. The first-order valence-electron chi connectivity index (χ1n) is 5.48. The minimum atomic E-state index is -3.95. The van der Waals surface area contributed by atoms with Gasteiger partial charge in [0, 0.05) is 10.6 Å². The van der Waals surface area contributed by atoms with Crippen molar-refractivity contribution in [1.29, 1.82) is 0 Å². The zero-order valence-electron chi connectivity index (χ0n) is 10.5. The number of amides is 1. The number of rotatable bonds is 4. The van der Waals surface area contributed by atoms with E-state index in [0.717, 1.165) is 11.0 Å². The Kier molecular flexibility index (Phi) is 4.17. The minimum absolute atomic E-state index is 0.122. The van der Waals surface area contributed by atoms with Crippen molar-refractivity contribution in [2.24, 2.45) is 5.14 Å². The lowest BCUT2D eigenvalue weighted by Crippen LogP contribution is -2.12. The Balaban J connectivity index is 2.18. The van der Waals surface area contributed by atoms with Gasteiger partial charge in [-0.25, -0.2) is 13.6 Å². The van der Waals surface area contributed by atoms with Gasteiger partial charge < -0.3 is 9.73 Å². The maximum absolute atomic E-state index is 11.9. The standard InChI is InChI=1S/C12H12N2O4S2/c1-19-9-4-2-3-8(7-9)14-12(15)10-5-6-11(18-10)20(13,16)17/h2-7H,1H3,(H,14,15)(H2,13,16,17). The number of carbonyl (C=O) groups excluding carboxylic acids is 1. The van der Waals surface area contributed by atoms with Crippen LogP contribution in [0.4, 0.5) is 5.69 Å². The Morgan fingerprint density at radius 1 is 1.30 bits per heavy atom. The van der Waals surface area contributed by atoms with Gasteiger partial charge in [0.05, 0.1) is 0 Å². The van der Waals surface area contributed by atoms with Crippen molar-refractivity contribution in [3.8, 4) is 0 Å². The highest BCUT2D eigenvalue weighted by molar-refractivity contribution is 7.98. The number of nitrogens with two attached hydrogens (primary N) is 1. The topological polar surface area (TPSA) is 102 Å². The zero-order chi connectivity index (χ0) is 14.8. The SMILES string of the molecule is CSc1cccc(NC(=O)c2ccc(S(N)(=O)=O)o2)c1. The molecule has 0 bridgehead atoms. The maximum Gasteiger partial charge on any atom is 0.291 e. The summed E-state index contributed by atoms with van der Waals surface area (Å²) in [5, 5.41) is 7.08. The molecule has 0 spiro atoms. The second-order valence-corrected chi connectivity index (χ2v) is 6.22. The summed E-state index contributed by atoms with van der Waals surface area (Å²) in [6.07, 6.45) is 1.92. The highest BCUT2D eigenvalue weighted by Crippen LogP contribution is 2.20.